The number of ether oxygens (including phenoxy) is 3. The van der Waals surface area contributed by atoms with Gasteiger partial charge in [-0.1, -0.05) is 0 Å². The highest BCUT2D eigenvalue weighted by Crippen LogP contribution is 2.35. The predicted octanol–water partition coefficient (Wildman–Crippen LogP) is 3.88. The van der Waals surface area contributed by atoms with Gasteiger partial charge in [-0.25, -0.2) is 24.4 Å². The van der Waals surface area contributed by atoms with Crippen molar-refractivity contribution >= 4 is 51.0 Å². The molecule has 0 saturated carbocycles. The summed E-state index contributed by atoms with van der Waals surface area (Å²) in [6.07, 6.45) is 1.11. The molecule has 2 aromatic heterocycles. The molecule has 3 aromatic rings. The Morgan fingerprint density at radius 2 is 1.58 bits per heavy atom. The van der Waals surface area contributed by atoms with E-state index in [-0.39, 0.29) is 17.2 Å². The van der Waals surface area contributed by atoms with E-state index < -0.39 is 17.9 Å². The number of anilines is 2. The van der Waals surface area contributed by atoms with Crippen LogP contribution in [0.15, 0.2) is 24.5 Å². The van der Waals surface area contributed by atoms with E-state index in [1.807, 2.05) is 0 Å². The third-order valence-electron chi connectivity index (χ3n) is 4.29. The largest absolute Gasteiger partial charge is 0.465 e. The van der Waals surface area contributed by atoms with Crippen LogP contribution in [0, 0.1) is 6.92 Å². The van der Waals surface area contributed by atoms with Crippen molar-refractivity contribution in [2.24, 2.45) is 0 Å². The second kappa shape index (κ2) is 9.09. The first-order chi connectivity index (χ1) is 14.7. The zero-order chi connectivity index (χ0) is 22.7. The SMILES string of the molecule is COC(=O)c1cc(Nc2ncnc3sc(C(=O)OC(C)C)c(C)c23)cc(C(=O)OC)c1. The first kappa shape index (κ1) is 22.2. The van der Waals surface area contributed by atoms with E-state index in [4.69, 9.17) is 14.2 Å². The molecule has 162 valence electrons. The van der Waals surface area contributed by atoms with Crippen molar-refractivity contribution < 1.29 is 28.6 Å². The van der Waals surface area contributed by atoms with Crippen LogP contribution in [0.1, 0.15) is 49.8 Å². The summed E-state index contributed by atoms with van der Waals surface area (Å²) >= 11 is 1.21. The number of nitrogens with zero attached hydrogens (tertiary/aromatic N) is 2. The number of aryl methyl sites for hydroxylation is 1. The number of fused-ring (bicyclic) bond motifs is 1. The number of hydrogen-bond acceptors (Lipinski definition) is 10. The zero-order valence-corrected chi connectivity index (χ0v) is 18.5. The Morgan fingerprint density at radius 1 is 0.968 bits per heavy atom. The molecule has 0 unspecified atom stereocenters. The summed E-state index contributed by atoms with van der Waals surface area (Å²) in [5.41, 5.74) is 1.43. The van der Waals surface area contributed by atoms with Crippen LogP contribution in [0.25, 0.3) is 10.2 Å². The van der Waals surface area contributed by atoms with Crippen molar-refractivity contribution in [2.45, 2.75) is 26.9 Å². The fourth-order valence-corrected chi connectivity index (χ4v) is 3.97. The summed E-state index contributed by atoms with van der Waals surface area (Å²) in [6, 6.07) is 4.44. The number of carbonyl (C=O) groups excluding carboxylic acids is 3. The monoisotopic (exact) mass is 443 g/mol. The minimum Gasteiger partial charge on any atom is -0.465 e. The predicted molar refractivity (Wildman–Crippen MR) is 115 cm³/mol. The van der Waals surface area contributed by atoms with Crippen LogP contribution in [0.3, 0.4) is 0 Å². The van der Waals surface area contributed by atoms with Crippen LogP contribution in [0.4, 0.5) is 11.5 Å². The lowest BCUT2D eigenvalue weighted by atomic mass is 10.1. The molecule has 0 bridgehead atoms. The number of aromatic nitrogens is 2. The molecular formula is C21H21N3O6S. The van der Waals surface area contributed by atoms with Crippen LogP contribution in [0.2, 0.25) is 0 Å². The van der Waals surface area contributed by atoms with Gasteiger partial charge in [0, 0.05) is 5.69 Å². The molecule has 0 aliphatic carbocycles. The Hall–Kier alpha value is -3.53. The Bertz CT molecular complexity index is 1140. The number of methoxy groups -OCH3 is 2. The maximum Gasteiger partial charge on any atom is 0.348 e. The maximum absolute atomic E-state index is 12.4. The van der Waals surface area contributed by atoms with Gasteiger partial charge in [-0.05, 0) is 44.5 Å². The Labute approximate surface area is 182 Å². The fraction of sp³-hybridized carbons (Fsp3) is 0.286. The quantitative estimate of drug-likeness (QED) is 0.447. The number of esters is 3. The molecule has 0 aliphatic heterocycles. The highest BCUT2D eigenvalue weighted by molar-refractivity contribution is 7.20. The second-order valence-corrected chi connectivity index (χ2v) is 7.82. The van der Waals surface area contributed by atoms with Gasteiger partial charge in [-0.3, -0.25) is 0 Å². The Balaban J connectivity index is 2.07. The van der Waals surface area contributed by atoms with E-state index in [1.165, 1.54) is 50.1 Å². The molecule has 9 nitrogen and oxygen atoms in total. The molecule has 0 spiro atoms. The highest BCUT2D eigenvalue weighted by Gasteiger charge is 2.22. The van der Waals surface area contributed by atoms with Crippen molar-refractivity contribution in [3.05, 3.63) is 46.1 Å². The second-order valence-electron chi connectivity index (χ2n) is 6.82. The lowest BCUT2D eigenvalue weighted by molar-refractivity contribution is 0.0382. The molecular weight excluding hydrogens is 422 g/mol. The smallest absolute Gasteiger partial charge is 0.348 e. The number of hydrogen-bond donors (Lipinski definition) is 1. The number of rotatable bonds is 6. The Morgan fingerprint density at radius 3 is 2.13 bits per heavy atom. The minimum absolute atomic E-state index is 0.168. The van der Waals surface area contributed by atoms with E-state index in [0.29, 0.717) is 32.2 Å². The van der Waals surface area contributed by atoms with Gasteiger partial charge in [0.25, 0.3) is 0 Å². The van der Waals surface area contributed by atoms with Crippen LogP contribution in [-0.2, 0) is 14.2 Å². The van der Waals surface area contributed by atoms with Gasteiger partial charge in [0.15, 0.2) is 0 Å². The molecule has 0 aliphatic rings. The molecule has 3 rings (SSSR count). The first-order valence-corrected chi connectivity index (χ1v) is 10.1. The fourth-order valence-electron chi connectivity index (χ4n) is 2.94. The summed E-state index contributed by atoms with van der Waals surface area (Å²) in [5.74, 6) is -1.22. The van der Waals surface area contributed by atoms with Crippen LogP contribution in [-0.4, -0.2) is 48.2 Å². The van der Waals surface area contributed by atoms with Crippen molar-refractivity contribution in [3.8, 4) is 0 Å². The topological polar surface area (TPSA) is 117 Å². The molecule has 10 heteroatoms. The third kappa shape index (κ3) is 4.64. The van der Waals surface area contributed by atoms with Crippen LogP contribution < -0.4 is 5.32 Å². The minimum atomic E-state index is -0.605. The van der Waals surface area contributed by atoms with E-state index >= 15 is 0 Å². The number of benzene rings is 1. The van der Waals surface area contributed by atoms with Gasteiger partial charge < -0.3 is 19.5 Å². The number of nitrogens with one attached hydrogen (secondary N) is 1. The normalized spacial score (nSPS) is 10.8. The molecule has 0 fully saturated rings. The van der Waals surface area contributed by atoms with Crippen molar-refractivity contribution in [1.29, 1.82) is 0 Å². The average molecular weight is 443 g/mol. The van der Waals surface area contributed by atoms with E-state index in [1.54, 1.807) is 20.8 Å². The third-order valence-corrected chi connectivity index (χ3v) is 5.47. The van der Waals surface area contributed by atoms with Crippen molar-refractivity contribution in [3.63, 3.8) is 0 Å². The summed E-state index contributed by atoms with van der Waals surface area (Å²) < 4.78 is 14.8. The van der Waals surface area contributed by atoms with E-state index in [9.17, 15) is 14.4 Å². The van der Waals surface area contributed by atoms with E-state index in [0.717, 1.165) is 0 Å². The molecule has 0 amide bonds. The molecule has 0 atom stereocenters. The molecule has 0 saturated heterocycles. The summed E-state index contributed by atoms with van der Waals surface area (Å²) in [6.45, 7) is 5.34. The Kier molecular flexibility index (Phi) is 6.50. The number of carbonyl (C=O) groups is 3. The molecule has 2 heterocycles. The summed E-state index contributed by atoms with van der Waals surface area (Å²) in [7, 11) is 2.50. The van der Waals surface area contributed by atoms with Gasteiger partial charge in [0.2, 0.25) is 0 Å². The van der Waals surface area contributed by atoms with Crippen LogP contribution in [0.5, 0.6) is 0 Å². The zero-order valence-electron chi connectivity index (χ0n) is 17.6. The lowest BCUT2D eigenvalue weighted by Crippen LogP contribution is -2.11. The first-order valence-electron chi connectivity index (χ1n) is 9.29. The van der Waals surface area contributed by atoms with E-state index in [2.05, 4.69) is 15.3 Å². The summed E-state index contributed by atoms with van der Waals surface area (Å²) in [4.78, 5) is 46.1. The molecule has 1 N–H and O–H groups in total. The maximum atomic E-state index is 12.4. The highest BCUT2D eigenvalue weighted by atomic mass is 32.1. The van der Waals surface area contributed by atoms with Crippen molar-refractivity contribution in [2.75, 3.05) is 19.5 Å². The van der Waals surface area contributed by atoms with Gasteiger partial charge in [0.05, 0.1) is 36.8 Å². The van der Waals surface area contributed by atoms with Gasteiger partial charge in [0.1, 0.15) is 21.9 Å². The molecule has 1 aromatic carbocycles. The van der Waals surface area contributed by atoms with Gasteiger partial charge in [-0.15, -0.1) is 11.3 Å². The average Bonchev–Trinajstić information content (AvgIpc) is 3.09. The lowest BCUT2D eigenvalue weighted by Gasteiger charge is -2.11. The number of thiophene rings is 1. The standard InChI is InChI=1S/C21H21N3O6S/c1-10(2)30-21(27)16-11(3)15-17(22-9-23-18(15)31-16)24-14-7-12(19(25)28-4)6-13(8-14)20(26)29-5/h6-10H,1-5H3,(H,22,23,24). The van der Waals surface area contributed by atoms with Gasteiger partial charge in [-0.2, -0.15) is 0 Å². The van der Waals surface area contributed by atoms with Crippen molar-refractivity contribution in [1.82, 2.24) is 9.97 Å². The van der Waals surface area contributed by atoms with Gasteiger partial charge >= 0.3 is 17.9 Å². The molecule has 0 radical (unpaired) electrons. The molecule has 31 heavy (non-hydrogen) atoms. The van der Waals surface area contributed by atoms with Crippen LogP contribution >= 0.6 is 11.3 Å². The summed E-state index contributed by atoms with van der Waals surface area (Å²) in [5, 5.41) is 3.75.